The Hall–Kier alpha value is -0.570. The van der Waals surface area contributed by atoms with E-state index in [0.29, 0.717) is 6.54 Å². The first-order valence-corrected chi connectivity index (χ1v) is 6.07. The lowest BCUT2D eigenvalue weighted by molar-refractivity contribution is -0.127. The predicted molar refractivity (Wildman–Crippen MR) is 60.5 cm³/mol. The molecule has 0 radical (unpaired) electrons. The summed E-state index contributed by atoms with van der Waals surface area (Å²) in [6.45, 7) is 1.54. The fraction of sp³-hybridized carbons (Fsp3) is 0.917. The quantitative estimate of drug-likeness (QED) is 0.753. The number of hydrogen-bond donors (Lipinski definition) is 1. The van der Waals surface area contributed by atoms with E-state index in [1.165, 1.54) is 25.7 Å². The molecule has 0 spiro atoms. The molecule has 2 rings (SSSR count). The normalized spacial score (nSPS) is 33.3. The molecule has 3 unspecified atom stereocenters. The van der Waals surface area contributed by atoms with E-state index in [1.807, 2.05) is 14.1 Å². The van der Waals surface area contributed by atoms with Gasteiger partial charge >= 0.3 is 0 Å². The highest BCUT2D eigenvalue weighted by atomic mass is 16.2. The van der Waals surface area contributed by atoms with Crippen molar-refractivity contribution >= 4 is 5.91 Å². The maximum atomic E-state index is 11.3. The molecular weight excluding hydrogens is 188 g/mol. The van der Waals surface area contributed by atoms with Crippen LogP contribution in [0.3, 0.4) is 0 Å². The van der Waals surface area contributed by atoms with E-state index in [0.717, 1.165) is 24.3 Å². The molecule has 1 N–H and O–H groups in total. The zero-order valence-electron chi connectivity index (χ0n) is 9.83. The number of hydrogen-bond acceptors (Lipinski definition) is 2. The summed E-state index contributed by atoms with van der Waals surface area (Å²) in [5.41, 5.74) is 0. The van der Waals surface area contributed by atoms with Gasteiger partial charge in [-0.2, -0.15) is 0 Å². The van der Waals surface area contributed by atoms with Crippen molar-refractivity contribution in [1.29, 1.82) is 0 Å². The summed E-state index contributed by atoms with van der Waals surface area (Å²) in [4.78, 5) is 13.0. The summed E-state index contributed by atoms with van der Waals surface area (Å²) in [6, 6.07) is 0. The van der Waals surface area contributed by atoms with E-state index < -0.39 is 0 Å². The lowest BCUT2D eigenvalue weighted by atomic mass is 9.89. The van der Waals surface area contributed by atoms with Gasteiger partial charge in [0.1, 0.15) is 0 Å². The van der Waals surface area contributed by atoms with Crippen LogP contribution in [-0.2, 0) is 4.79 Å². The molecule has 3 atom stereocenters. The van der Waals surface area contributed by atoms with Crippen LogP contribution in [0, 0.1) is 17.8 Å². The Morgan fingerprint density at radius 2 is 2.13 bits per heavy atom. The second kappa shape index (κ2) is 4.52. The number of rotatable bonds is 4. The molecule has 0 saturated heterocycles. The summed E-state index contributed by atoms with van der Waals surface area (Å²) < 4.78 is 0. The van der Waals surface area contributed by atoms with Gasteiger partial charge in [-0.15, -0.1) is 0 Å². The van der Waals surface area contributed by atoms with Crippen LogP contribution in [0.1, 0.15) is 25.7 Å². The van der Waals surface area contributed by atoms with Crippen LogP contribution in [0.2, 0.25) is 0 Å². The first-order chi connectivity index (χ1) is 7.16. The van der Waals surface area contributed by atoms with Crippen molar-refractivity contribution < 1.29 is 4.79 Å². The molecule has 3 heteroatoms. The van der Waals surface area contributed by atoms with Crippen molar-refractivity contribution in [1.82, 2.24) is 10.2 Å². The molecular formula is C12H22N2O. The first-order valence-electron chi connectivity index (χ1n) is 6.07. The Morgan fingerprint density at radius 1 is 1.33 bits per heavy atom. The maximum Gasteiger partial charge on any atom is 0.236 e. The first kappa shape index (κ1) is 10.9. The second-order valence-corrected chi connectivity index (χ2v) is 5.35. The van der Waals surface area contributed by atoms with E-state index in [9.17, 15) is 4.79 Å². The van der Waals surface area contributed by atoms with E-state index in [2.05, 4.69) is 5.32 Å². The summed E-state index contributed by atoms with van der Waals surface area (Å²) >= 11 is 0. The maximum absolute atomic E-state index is 11.3. The van der Waals surface area contributed by atoms with E-state index in [4.69, 9.17) is 0 Å². The highest BCUT2D eigenvalue weighted by Crippen LogP contribution is 2.47. The van der Waals surface area contributed by atoms with Gasteiger partial charge in [0.2, 0.25) is 5.91 Å². The molecule has 2 aliphatic rings. The molecule has 0 aromatic heterocycles. The minimum absolute atomic E-state index is 0.179. The molecule has 0 heterocycles. The number of carbonyl (C=O) groups excluding carboxylic acids is 1. The van der Waals surface area contributed by atoms with Crippen LogP contribution in [0.15, 0.2) is 0 Å². The smallest absolute Gasteiger partial charge is 0.236 e. The average Bonchev–Trinajstić information content (AvgIpc) is 2.78. The molecule has 86 valence electrons. The van der Waals surface area contributed by atoms with E-state index in [-0.39, 0.29) is 5.91 Å². The summed E-state index contributed by atoms with van der Waals surface area (Å²) in [5, 5.41) is 3.30. The lowest BCUT2D eigenvalue weighted by Gasteiger charge is -2.22. The molecule has 1 amide bonds. The molecule has 2 saturated carbocycles. The van der Waals surface area contributed by atoms with Gasteiger partial charge in [0, 0.05) is 14.1 Å². The fourth-order valence-corrected chi connectivity index (χ4v) is 3.15. The molecule has 15 heavy (non-hydrogen) atoms. The van der Waals surface area contributed by atoms with Gasteiger partial charge in [-0.3, -0.25) is 4.79 Å². The Bertz CT molecular complexity index is 240. The number of likely N-dealkylation sites (N-methyl/N-ethyl adjacent to an activating group) is 1. The minimum atomic E-state index is 0.179. The summed E-state index contributed by atoms with van der Waals surface area (Å²) in [6.07, 6.45) is 5.73. The van der Waals surface area contributed by atoms with E-state index in [1.54, 1.807) is 4.90 Å². The molecule has 3 nitrogen and oxygen atoms in total. The lowest BCUT2D eigenvalue weighted by Crippen LogP contribution is -2.36. The number of amides is 1. The van der Waals surface area contributed by atoms with Crippen molar-refractivity contribution in [3.8, 4) is 0 Å². The number of fused-ring (bicyclic) bond motifs is 2. The van der Waals surface area contributed by atoms with Crippen molar-refractivity contribution in [2.24, 2.45) is 17.8 Å². The molecule has 0 aliphatic heterocycles. The summed E-state index contributed by atoms with van der Waals surface area (Å²) in [5.74, 6) is 2.99. The number of carbonyl (C=O) groups is 1. The Kier molecular flexibility index (Phi) is 3.29. The predicted octanol–water partition coefficient (Wildman–Crippen LogP) is 1.10. The minimum Gasteiger partial charge on any atom is -0.348 e. The van der Waals surface area contributed by atoms with Gasteiger partial charge in [-0.05, 0) is 43.6 Å². The third kappa shape index (κ3) is 2.51. The molecule has 0 aromatic rings. The van der Waals surface area contributed by atoms with Crippen LogP contribution >= 0.6 is 0 Å². The summed E-state index contributed by atoms with van der Waals surface area (Å²) in [7, 11) is 3.61. The van der Waals surface area contributed by atoms with Gasteiger partial charge in [0.15, 0.2) is 0 Å². The molecule has 2 bridgehead atoms. The van der Waals surface area contributed by atoms with Gasteiger partial charge in [0.05, 0.1) is 6.54 Å². The third-order valence-corrected chi connectivity index (χ3v) is 4.07. The monoisotopic (exact) mass is 210 g/mol. The topological polar surface area (TPSA) is 32.3 Å². The highest BCUT2D eigenvalue weighted by molar-refractivity contribution is 5.77. The average molecular weight is 210 g/mol. The van der Waals surface area contributed by atoms with Crippen LogP contribution in [0.4, 0.5) is 0 Å². The third-order valence-electron chi connectivity index (χ3n) is 4.07. The Morgan fingerprint density at radius 3 is 2.67 bits per heavy atom. The number of nitrogens with zero attached hydrogens (tertiary/aromatic N) is 1. The highest BCUT2D eigenvalue weighted by Gasteiger charge is 2.38. The Labute approximate surface area is 92.2 Å². The fourth-order valence-electron chi connectivity index (χ4n) is 3.15. The van der Waals surface area contributed by atoms with Crippen LogP contribution in [0.25, 0.3) is 0 Å². The van der Waals surface area contributed by atoms with Gasteiger partial charge in [-0.25, -0.2) is 0 Å². The van der Waals surface area contributed by atoms with E-state index >= 15 is 0 Å². The molecule has 0 aromatic carbocycles. The zero-order valence-corrected chi connectivity index (χ0v) is 9.83. The van der Waals surface area contributed by atoms with Crippen molar-refractivity contribution in [3.05, 3.63) is 0 Å². The Balaban J connectivity index is 1.65. The van der Waals surface area contributed by atoms with Crippen LogP contribution in [-0.4, -0.2) is 38.0 Å². The van der Waals surface area contributed by atoms with Crippen molar-refractivity contribution in [2.75, 3.05) is 27.2 Å². The van der Waals surface area contributed by atoms with Crippen LogP contribution in [0.5, 0.6) is 0 Å². The van der Waals surface area contributed by atoms with Crippen LogP contribution < -0.4 is 5.32 Å². The van der Waals surface area contributed by atoms with Crippen molar-refractivity contribution in [2.45, 2.75) is 25.7 Å². The molecule has 2 aliphatic carbocycles. The SMILES string of the molecule is CN(C)C(=O)CNCC1CC2CCC1C2. The molecule has 2 fully saturated rings. The van der Waals surface area contributed by atoms with Gasteiger partial charge in [0.25, 0.3) is 0 Å². The zero-order chi connectivity index (χ0) is 10.8. The largest absolute Gasteiger partial charge is 0.348 e. The second-order valence-electron chi connectivity index (χ2n) is 5.35. The number of nitrogens with one attached hydrogen (secondary N) is 1. The van der Waals surface area contributed by atoms with Crippen molar-refractivity contribution in [3.63, 3.8) is 0 Å². The van der Waals surface area contributed by atoms with Gasteiger partial charge in [-0.1, -0.05) is 6.42 Å². The van der Waals surface area contributed by atoms with Gasteiger partial charge < -0.3 is 10.2 Å². The standard InChI is InChI=1S/C12H22N2O/c1-14(2)12(15)8-13-7-11-6-9-3-4-10(11)5-9/h9-11,13H,3-8H2,1-2H3.